The second-order valence-corrected chi connectivity index (χ2v) is 6.63. The van der Waals surface area contributed by atoms with Crippen molar-refractivity contribution in [2.45, 2.75) is 18.9 Å². The van der Waals surface area contributed by atoms with Gasteiger partial charge in [0.1, 0.15) is 11.8 Å². The van der Waals surface area contributed by atoms with Gasteiger partial charge in [0, 0.05) is 11.8 Å². The van der Waals surface area contributed by atoms with Crippen molar-refractivity contribution >= 4 is 17.7 Å². The standard InChI is InChI=1S/C23H20N2O3/c1-3-28-23(26)22-20(16-8-10-17(27-2)11-9-16)19(14-24)21-18-7-5-4-6-15(18)12-13-25(21)22/h4-13,20,22H,3H2,1-2H3/t20-,22-/m1/s1. The summed E-state index contributed by atoms with van der Waals surface area (Å²) >= 11 is 0. The van der Waals surface area contributed by atoms with Crippen molar-refractivity contribution in [2.75, 3.05) is 13.7 Å². The van der Waals surface area contributed by atoms with Crippen molar-refractivity contribution in [3.8, 4) is 11.8 Å². The average molecular weight is 372 g/mol. The molecular formula is C23H20N2O3. The molecule has 0 unspecified atom stereocenters. The zero-order valence-corrected chi connectivity index (χ0v) is 15.8. The number of hydrogen-bond acceptors (Lipinski definition) is 5. The lowest BCUT2D eigenvalue weighted by atomic mass is 9.87. The van der Waals surface area contributed by atoms with E-state index in [1.165, 1.54) is 0 Å². The lowest BCUT2D eigenvalue weighted by molar-refractivity contribution is -0.147. The molecule has 2 aliphatic rings. The highest BCUT2D eigenvalue weighted by atomic mass is 16.5. The largest absolute Gasteiger partial charge is 0.497 e. The molecule has 2 aromatic carbocycles. The van der Waals surface area contributed by atoms with Crippen LogP contribution in [-0.2, 0) is 9.53 Å². The summed E-state index contributed by atoms with van der Waals surface area (Å²) < 4.78 is 10.6. The molecule has 2 heterocycles. The van der Waals surface area contributed by atoms with Crippen LogP contribution in [-0.4, -0.2) is 30.6 Å². The Balaban J connectivity index is 1.90. The number of carbonyl (C=O) groups is 1. The SMILES string of the molecule is CCOC(=O)[C@H]1[C@H](c2ccc(OC)cc2)C(C#N)=C2c3ccccc3C=CN21. The molecule has 4 rings (SSSR count). The Morgan fingerprint density at radius 1 is 1.18 bits per heavy atom. The van der Waals surface area contributed by atoms with Gasteiger partial charge in [0.05, 0.1) is 37.0 Å². The van der Waals surface area contributed by atoms with E-state index in [-0.39, 0.29) is 12.6 Å². The molecule has 0 fully saturated rings. The van der Waals surface area contributed by atoms with Gasteiger partial charge in [-0.05, 0) is 36.3 Å². The van der Waals surface area contributed by atoms with Gasteiger partial charge >= 0.3 is 5.97 Å². The zero-order chi connectivity index (χ0) is 19.7. The van der Waals surface area contributed by atoms with Gasteiger partial charge in [-0.1, -0.05) is 36.4 Å². The second kappa shape index (κ2) is 7.24. The molecule has 0 aliphatic carbocycles. The quantitative estimate of drug-likeness (QED) is 0.761. The molecule has 0 saturated heterocycles. The molecular weight excluding hydrogens is 352 g/mol. The molecule has 5 heteroatoms. The summed E-state index contributed by atoms with van der Waals surface area (Å²) in [4.78, 5) is 14.8. The Morgan fingerprint density at radius 3 is 2.61 bits per heavy atom. The van der Waals surface area contributed by atoms with E-state index in [0.29, 0.717) is 5.57 Å². The number of nitrogens with zero attached hydrogens (tertiary/aromatic N) is 2. The van der Waals surface area contributed by atoms with Gasteiger partial charge in [-0.2, -0.15) is 5.26 Å². The molecule has 2 aromatic rings. The molecule has 0 N–H and O–H groups in total. The average Bonchev–Trinajstić information content (AvgIpc) is 3.08. The van der Waals surface area contributed by atoms with Crippen molar-refractivity contribution < 1.29 is 14.3 Å². The molecule has 0 saturated carbocycles. The van der Waals surface area contributed by atoms with E-state index in [1.54, 1.807) is 14.0 Å². The van der Waals surface area contributed by atoms with Crippen molar-refractivity contribution in [3.05, 3.63) is 77.0 Å². The van der Waals surface area contributed by atoms with Crippen LogP contribution in [0.3, 0.4) is 0 Å². The predicted molar refractivity (Wildman–Crippen MR) is 106 cm³/mol. The molecule has 2 aliphatic heterocycles. The molecule has 2 atom stereocenters. The molecule has 0 radical (unpaired) electrons. The van der Waals surface area contributed by atoms with E-state index in [9.17, 15) is 10.1 Å². The van der Waals surface area contributed by atoms with Crippen molar-refractivity contribution in [2.24, 2.45) is 0 Å². The molecule has 0 spiro atoms. The van der Waals surface area contributed by atoms with E-state index in [2.05, 4.69) is 6.07 Å². The Bertz CT molecular complexity index is 1010. The highest BCUT2D eigenvalue weighted by molar-refractivity contribution is 5.91. The summed E-state index contributed by atoms with van der Waals surface area (Å²) in [5.41, 5.74) is 4.20. The maximum absolute atomic E-state index is 12.9. The fraction of sp³-hybridized carbons (Fsp3) is 0.217. The van der Waals surface area contributed by atoms with E-state index >= 15 is 0 Å². The zero-order valence-electron chi connectivity index (χ0n) is 15.8. The Kier molecular flexibility index (Phi) is 4.62. The number of hydrogen-bond donors (Lipinski definition) is 0. The van der Waals surface area contributed by atoms with Crippen molar-refractivity contribution in [1.29, 1.82) is 5.26 Å². The normalized spacial score (nSPS) is 19.7. The van der Waals surface area contributed by atoms with Crippen LogP contribution in [0.5, 0.6) is 5.75 Å². The first-order valence-electron chi connectivity index (χ1n) is 9.20. The van der Waals surface area contributed by atoms with Crippen molar-refractivity contribution in [3.63, 3.8) is 0 Å². The fourth-order valence-corrected chi connectivity index (χ4v) is 3.97. The number of rotatable bonds is 4. The van der Waals surface area contributed by atoms with Crippen LogP contribution in [0.25, 0.3) is 11.8 Å². The van der Waals surface area contributed by atoms with Crippen LogP contribution in [0.15, 0.2) is 60.3 Å². The van der Waals surface area contributed by atoms with Crippen LogP contribution < -0.4 is 4.74 Å². The highest BCUT2D eigenvalue weighted by Crippen LogP contribution is 2.48. The third-order valence-corrected chi connectivity index (χ3v) is 5.19. The Labute approximate surface area is 164 Å². The third kappa shape index (κ3) is 2.74. The van der Waals surface area contributed by atoms with Crippen LogP contribution >= 0.6 is 0 Å². The maximum Gasteiger partial charge on any atom is 0.330 e. The van der Waals surface area contributed by atoms with Crippen LogP contribution in [0.1, 0.15) is 29.5 Å². The minimum absolute atomic E-state index is 0.288. The van der Waals surface area contributed by atoms with E-state index < -0.39 is 12.0 Å². The van der Waals surface area contributed by atoms with Gasteiger partial charge in [0.25, 0.3) is 0 Å². The Hall–Kier alpha value is -3.52. The summed E-state index contributed by atoms with van der Waals surface area (Å²) in [7, 11) is 1.61. The van der Waals surface area contributed by atoms with Crippen molar-refractivity contribution in [1.82, 2.24) is 4.90 Å². The van der Waals surface area contributed by atoms with Crippen LogP contribution in [0, 0.1) is 11.3 Å². The third-order valence-electron chi connectivity index (χ3n) is 5.19. The van der Waals surface area contributed by atoms with Gasteiger partial charge in [-0.25, -0.2) is 4.79 Å². The van der Waals surface area contributed by atoms with E-state index in [4.69, 9.17) is 9.47 Å². The first kappa shape index (κ1) is 17.9. The summed E-state index contributed by atoms with van der Waals surface area (Å²) in [5, 5.41) is 10.1. The Morgan fingerprint density at radius 2 is 1.93 bits per heavy atom. The predicted octanol–water partition coefficient (Wildman–Crippen LogP) is 3.95. The summed E-state index contributed by atoms with van der Waals surface area (Å²) in [6.07, 6.45) is 3.84. The summed E-state index contributed by atoms with van der Waals surface area (Å²) in [5.74, 6) is -0.0283. The van der Waals surface area contributed by atoms with Crippen LogP contribution in [0.2, 0.25) is 0 Å². The number of nitriles is 1. The summed E-state index contributed by atoms with van der Waals surface area (Å²) in [6, 6.07) is 17.1. The molecule has 140 valence electrons. The van der Waals surface area contributed by atoms with Crippen LogP contribution in [0.4, 0.5) is 0 Å². The lowest BCUT2D eigenvalue weighted by Crippen LogP contribution is -2.38. The first-order chi connectivity index (χ1) is 13.7. The number of ether oxygens (including phenoxy) is 2. The van der Waals surface area contributed by atoms with E-state index in [1.807, 2.05) is 65.7 Å². The minimum Gasteiger partial charge on any atom is -0.497 e. The maximum atomic E-state index is 12.9. The number of methoxy groups -OCH3 is 1. The van der Waals surface area contributed by atoms with Gasteiger partial charge in [-0.15, -0.1) is 0 Å². The van der Waals surface area contributed by atoms with Gasteiger partial charge < -0.3 is 14.4 Å². The summed E-state index contributed by atoms with van der Waals surface area (Å²) in [6.45, 7) is 2.08. The molecule has 5 nitrogen and oxygen atoms in total. The second-order valence-electron chi connectivity index (χ2n) is 6.63. The molecule has 0 amide bonds. The molecule has 0 aromatic heterocycles. The topological polar surface area (TPSA) is 62.6 Å². The van der Waals surface area contributed by atoms with Gasteiger partial charge in [0.15, 0.2) is 0 Å². The number of benzene rings is 2. The lowest BCUT2D eigenvalue weighted by Gasteiger charge is -2.30. The highest BCUT2D eigenvalue weighted by Gasteiger charge is 2.47. The number of esters is 1. The van der Waals surface area contributed by atoms with E-state index in [0.717, 1.165) is 28.1 Å². The number of fused-ring (bicyclic) bond motifs is 3. The smallest absolute Gasteiger partial charge is 0.330 e. The fourth-order valence-electron chi connectivity index (χ4n) is 3.97. The van der Waals surface area contributed by atoms with Gasteiger partial charge in [0.2, 0.25) is 0 Å². The first-order valence-corrected chi connectivity index (χ1v) is 9.20. The van der Waals surface area contributed by atoms with Gasteiger partial charge in [-0.3, -0.25) is 0 Å². The minimum atomic E-state index is -0.623. The number of carbonyl (C=O) groups excluding carboxylic acids is 1. The molecule has 28 heavy (non-hydrogen) atoms. The molecule has 0 bridgehead atoms. The monoisotopic (exact) mass is 372 g/mol.